The van der Waals surface area contributed by atoms with Crippen LogP contribution in [0.1, 0.15) is 22.4 Å². The third-order valence-corrected chi connectivity index (χ3v) is 7.01. The number of tetrazole rings is 1. The molecule has 0 saturated heterocycles. The average Bonchev–Trinajstić information content (AvgIpc) is 3.56. The summed E-state index contributed by atoms with van der Waals surface area (Å²) in [7, 11) is 1.69. The van der Waals surface area contributed by atoms with Crippen molar-refractivity contribution in [2.45, 2.75) is 26.3 Å². The van der Waals surface area contributed by atoms with Gasteiger partial charge in [0.05, 0.1) is 7.11 Å². The van der Waals surface area contributed by atoms with Gasteiger partial charge >= 0.3 is 0 Å². The fraction of sp³-hybridized carbons (Fsp3) is 0.156. The molecule has 38 heavy (non-hydrogen) atoms. The molecule has 0 atom stereocenters. The standard InChI is InChI=1S/C32H29N5O/c1-23-12-14-25(15-13-23)22-30-28-10-6-7-11-29(28)31(37(30)26-16-18-27(38-2)19-17-26)32-33-34-35-36(32)21-20-24-8-4-3-5-9-24/h3-19H,20-22H2,1-2H3. The summed E-state index contributed by atoms with van der Waals surface area (Å²) < 4.78 is 9.69. The van der Waals surface area contributed by atoms with Crippen molar-refractivity contribution in [1.82, 2.24) is 24.8 Å². The van der Waals surface area contributed by atoms with Gasteiger partial charge in [0.2, 0.25) is 0 Å². The molecule has 4 aromatic carbocycles. The Morgan fingerprint density at radius 1 is 0.737 bits per heavy atom. The van der Waals surface area contributed by atoms with E-state index in [1.165, 1.54) is 27.8 Å². The summed E-state index contributed by atoms with van der Waals surface area (Å²) in [6.45, 7) is 2.80. The van der Waals surface area contributed by atoms with Crippen LogP contribution in [0.15, 0.2) is 103 Å². The van der Waals surface area contributed by atoms with Gasteiger partial charge < -0.3 is 9.30 Å². The van der Waals surface area contributed by atoms with E-state index in [2.05, 4.69) is 112 Å². The maximum absolute atomic E-state index is 5.45. The van der Waals surface area contributed by atoms with Crippen LogP contribution >= 0.6 is 0 Å². The number of nitrogens with zero attached hydrogens (tertiary/aromatic N) is 5. The second kappa shape index (κ2) is 10.3. The van der Waals surface area contributed by atoms with Gasteiger partial charge in [-0.1, -0.05) is 84.4 Å². The summed E-state index contributed by atoms with van der Waals surface area (Å²) in [4.78, 5) is 0. The van der Waals surface area contributed by atoms with Crippen LogP contribution in [0.3, 0.4) is 0 Å². The minimum Gasteiger partial charge on any atom is -0.497 e. The quantitative estimate of drug-likeness (QED) is 0.242. The SMILES string of the molecule is COc1ccc(-n2c(Cc3ccc(C)cc3)c3ccccc3c2-c2nnnn2CCc2ccccc2)cc1. The zero-order valence-electron chi connectivity index (χ0n) is 21.6. The van der Waals surface area contributed by atoms with Gasteiger partial charge in [0, 0.05) is 35.1 Å². The Kier molecular flexibility index (Phi) is 6.44. The number of aromatic nitrogens is 5. The lowest BCUT2D eigenvalue weighted by Crippen LogP contribution is -2.09. The molecule has 0 fully saturated rings. The molecule has 0 aliphatic heterocycles. The van der Waals surface area contributed by atoms with Crippen LogP contribution in [0.25, 0.3) is 28.0 Å². The highest BCUT2D eigenvalue weighted by Crippen LogP contribution is 2.37. The van der Waals surface area contributed by atoms with Crippen LogP contribution in [0.2, 0.25) is 0 Å². The highest BCUT2D eigenvalue weighted by atomic mass is 16.5. The molecule has 0 spiro atoms. The van der Waals surface area contributed by atoms with Crippen LogP contribution in [0.4, 0.5) is 0 Å². The average molecular weight is 500 g/mol. The predicted octanol–water partition coefficient (Wildman–Crippen LogP) is 6.43. The molecule has 0 unspecified atom stereocenters. The van der Waals surface area contributed by atoms with E-state index in [0.717, 1.165) is 41.2 Å². The van der Waals surface area contributed by atoms with Crippen molar-refractivity contribution >= 4 is 10.8 Å². The number of hydrogen-bond acceptors (Lipinski definition) is 4. The number of hydrogen-bond donors (Lipinski definition) is 0. The molecular weight excluding hydrogens is 470 g/mol. The predicted molar refractivity (Wildman–Crippen MR) is 151 cm³/mol. The van der Waals surface area contributed by atoms with Crippen molar-refractivity contribution in [1.29, 1.82) is 0 Å². The highest BCUT2D eigenvalue weighted by molar-refractivity contribution is 5.98. The van der Waals surface area contributed by atoms with Crippen LogP contribution in [0.5, 0.6) is 5.75 Å². The van der Waals surface area contributed by atoms with Crippen molar-refractivity contribution in [3.8, 4) is 23.0 Å². The molecule has 6 aromatic rings. The minimum atomic E-state index is 0.682. The van der Waals surface area contributed by atoms with Gasteiger partial charge in [0.15, 0.2) is 5.82 Å². The Bertz CT molecular complexity index is 1670. The third-order valence-electron chi connectivity index (χ3n) is 7.01. The second-order valence-corrected chi connectivity index (χ2v) is 9.50. The second-order valence-electron chi connectivity index (χ2n) is 9.50. The van der Waals surface area contributed by atoms with Crippen molar-refractivity contribution in [3.63, 3.8) is 0 Å². The van der Waals surface area contributed by atoms with E-state index in [1.54, 1.807) is 7.11 Å². The molecule has 0 aliphatic carbocycles. The van der Waals surface area contributed by atoms with E-state index in [4.69, 9.17) is 4.74 Å². The third kappa shape index (κ3) is 4.57. The first-order valence-corrected chi connectivity index (χ1v) is 12.8. The minimum absolute atomic E-state index is 0.682. The Labute approximate surface area is 222 Å². The number of benzene rings is 4. The molecule has 0 saturated carbocycles. The van der Waals surface area contributed by atoms with E-state index in [1.807, 2.05) is 22.9 Å². The van der Waals surface area contributed by atoms with Crippen LogP contribution < -0.4 is 4.74 Å². The van der Waals surface area contributed by atoms with Gasteiger partial charge in [-0.25, -0.2) is 4.68 Å². The summed E-state index contributed by atoms with van der Waals surface area (Å²) in [5.41, 5.74) is 6.99. The highest BCUT2D eigenvalue weighted by Gasteiger charge is 2.24. The number of aryl methyl sites for hydroxylation is 3. The lowest BCUT2D eigenvalue weighted by molar-refractivity contribution is 0.414. The van der Waals surface area contributed by atoms with Crippen molar-refractivity contribution < 1.29 is 4.74 Å². The van der Waals surface area contributed by atoms with Crippen LogP contribution in [0, 0.1) is 6.92 Å². The fourth-order valence-electron chi connectivity index (χ4n) is 5.03. The Hall–Kier alpha value is -4.71. The molecule has 0 amide bonds. The Balaban J connectivity index is 1.53. The van der Waals surface area contributed by atoms with Gasteiger partial charge in [0.25, 0.3) is 0 Å². The monoisotopic (exact) mass is 499 g/mol. The van der Waals surface area contributed by atoms with Crippen LogP contribution in [-0.4, -0.2) is 31.9 Å². The number of methoxy groups -OCH3 is 1. The van der Waals surface area contributed by atoms with Gasteiger partial charge in [-0.2, -0.15) is 0 Å². The fourth-order valence-corrected chi connectivity index (χ4v) is 5.03. The molecule has 0 N–H and O–H groups in total. The summed E-state index contributed by atoms with van der Waals surface area (Å²) >= 11 is 0. The molecule has 2 aromatic heterocycles. The number of fused-ring (bicyclic) bond motifs is 1. The van der Waals surface area contributed by atoms with E-state index < -0.39 is 0 Å². The lowest BCUT2D eigenvalue weighted by atomic mass is 10.0. The Morgan fingerprint density at radius 3 is 2.18 bits per heavy atom. The Morgan fingerprint density at radius 2 is 1.45 bits per heavy atom. The molecule has 188 valence electrons. The van der Waals surface area contributed by atoms with Gasteiger partial charge in [-0.3, -0.25) is 0 Å². The van der Waals surface area contributed by atoms with E-state index >= 15 is 0 Å². The topological polar surface area (TPSA) is 57.8 Å². The van der Waals surface area contributed by atoms with Gasteiger partial charge in [0.1, 0.15) is 11.4 Å². The summed E-state index contributed by atoms with van der Waals surface area (Å²) in [6.07, 6.45) is 1.62. The normalized spacial score (nSPS) is 11.2. The smallest absolute Gasteiger partial charge is 0.199 e. The molecule has 0 radical (unpaired) electrons. The van der Waals surface area contributed by atoms with Crippen molar-refractivity contribution in [2.24, 2.45) is 0 Å². The molecule has 0 bridgehead atoms. The number of rotatable bonds is 8. The maximum Gasteiger partial charge on any atom is 0.199 e. The first-order valence-electron chi connectivity index (χ1n) is 12.8. The van der Waals surface area contributed by atoms with Crippen molar-refractivity contribution in [3.05, 3.63) is 126 Å². The molecule has 6 nitrogen and oxygen atoms in total. The summed E-state index contributed by atoms with van der Waals surface area (Å²) in [5.74, 6) is 1.57. The van der Waals surface area contributed by atoms with E-state index in [0.29, 0.717) is 6.54 Å². The lowest BCUT2D eigenvalue weighted by Gasteiger charge is -2.15. The first-order chi connectivity index (χ1) is 18.7. The molecule has 6 rings (SSSR count). The zero-order chi connectivity index (χ0) is 25.9. The first kappa shape index (κ1) is 23.7. The van der Waals surface area contributed by atoms with Gasteiger partial charge in [-0.05, 0) is 59.2 Å². The van der Waals surface area contributed by atoms with Gasteiger partial charge in [-0.15, -0.1) is 5.10 Å². The largest absolute Gasteiger partial charge is 0.497 e. The zero-order valence-corrected chi connectivity index (χ0v) is 21.6. The number of ether oxygens (including phenoxy) is 1. The molecule has 0 aliphatic rings. The molecule has 2 heterocycles. The van der Waals surface area contributed by atoms with E-state index in [-0.39, 0.29) is 0 Å². The maximum atomic E-state index is 5.45. The molecular formula is C32H29N5O. The molecule has 6 heteroatoms. The summed E-state index contributed by atoms with van der Waals surface area (Å²) in [5, 5.41) is 15.4. The van der Waals surface area contributed by atoms with Crippen LogP contribution in [-0.2, 0) is 19.4 Å². The van der Waals surface area contributed by atoms with E-state index in [9.17, 15) is 0 Å². The van der Waals surface area contributed by atoms with Crippen molar-refractivity contribution in [2.75, 3.05) is 7.11 Å². The summed E-state index contributed by atoms with van der Waals surface area (Å²) in [6, 6.07) is 35.9.